The van der Waals surface area contributed by atoms with Gasteiger partial charge in [0.1, 0.15) is 0 Å². The van der Waals surface area contributed by atoms with Crippen LogP contribution in [0.3, 0.4) is 0 Å². The summed E-state index contributed by atoms with van der Waals surface area (Å²) in [6.07, 6.45) is 0.936. The van der Waals surface area contributed by atoms with Crippen molar-refractivity contribution in [3.05, 3.63) is 69.7 Å². The van der Waals surface area contributed by atoms with E-state index in [2.05, 4.69) is 25.9 Å². The number of carbonyl (C=O) groups is 1. The van der Waals surface area contributed by atoms with Crippen LogP contribution in [-0.2, 0) is 16.2 Å². The van der Waals surface area contributed by atoms with E-state index in [1.165, 1.54) is 0 Å². The first kappa shape index (κ1) is 21.7. The Morgan fingerprint density at radius 3 is 2.52 bits per heavy atom. The zero-order valence-corrected chi connectivity index (χ0v) is 18.5. The van der Waals surface area contributed by atoms with E-state index in [4.69, 9.17) is 28.0 Å². The fourth-order valence-corrected chi connectivity index (χ4v) is 3.60. The Bertz CT molecular complexity index is 888. The van der Waals surface area contributed by atoms with Gasteiger partial charge in [0.15, 0.2) is 6.10 Å². The first-order chi connectivity index (χ1) is 13.7. The lowest BCUT2D eigenvalue weighted by molar-refractivity contribution is -0.135. The normalized spacial score (nSPS) is 16.3. The number of benzene rings is 2. The molecule has 4 nitrogen and oxygen atoms in total. The van der Waals surface area contributed by atoms with Crippen LogP contribution in [0.2, 0.25) is 10.0 Å². The van der Waals surface area contributed by atoms with Gasteiger partial charge in [-0.1, -0.05) is 73.4 Å². The van der Waals surface area contributed by atoms with Gasteiger partial charge in [0.2, 0.25) is 5.91 Å². The zero-order chi connectivity index (χ0) is 21.0. The molecule has 0 saturated carbocycles. The molecule has 2 aromatic rings. The van der Waals surface area contributed by atoms with Gasteiger partial charge in [-0.3, -0.25) is 4.79 Å². The summed E-state index contributed by atoms with van der Waals surface area (Å²) >= 11 is 12.1. The van der Waals surface area contributed by atoms with Crippen molar-refractivity contribution in [2.45, 2.75) is 46.3 Å². The standard InChI is InChI=1S/C23H26Cl2N2O2/c1-23(2,3)13-22(28)27(14-16-5-4-6-19(25)11-16)15-20-12-21(26-29-20)17-7-9-18(24)10-8-17/h4-11,20H,12-15H2,1-3H3/t20-/m0/s1. The van der Waals surface area contributed by atoms with Gasteiger partial charge in [-0.25, -0.2) is 0 Å². The Labute approximate surface area is 182 Å². The minimum absolute atomic E-state index is 0.0921. The first-order valence-corrected chi connectivity index (χ1v) is 10.5. The van der Waals surface area contributed by atoms with Crippen molar-refractivity contribution in [3.63, 3.8) is 0 Å². The topological polar surface area (TPSA) is 41.9 Å². The third-order valence-corrected chi connectivity index (χ3v) is 5.12. The third-order valence-electron chi connectivity index (χ3n) is 4.63. The lowest BCUT2D eigenvalue weighted by atomic mass is 9.91. The van der Waals surface area contributed by atoms with Crippen LogP contribution in [-0.4, -0.2) is 29.2 Å². The number of rotatable bonds is 6. The Balaban J connectivity index is 1.69. The van der Waals surface area contributed by atoms with Crippen LogP contribution in [0.4, 0.5) is 0 Å². The fourth-order valence-electron chi connectivity index (χ4n) is 3.26. The van der Waals surface area contributed by atoms with E-state index in [0.29, 0.717) is 36.0 Å². The summed E-state index contributed by atoms with van der Waals surface area (Å²) in [5, 5.41) is 5.59. The summed E-state index contributed by atoms with van der Waals surface area (Å²) in [5.74, 6) is 0.0982. The van der Waals surface area contributed by atoms with Crippen LogP contribution in [0.15, 0.2) is 53.7 Å². The van der Waals surface area contributed by atoms with Crippen LogP contribution in [0.5, 0.6) is 0 Å². The van der Waals surface area contributed by atoms with Gasteiger partial charge >= 0.3 is 0 Å². The number of halogens is 2. The monoisotopic (exact) mass is 432 g/mol. The van der Waals surface area contributed by atoms with Gasteiger partial charge in [-0.15, -0.1) is 0 Å². The van der Waals surface area contributed by atoms with Gasteiger partial charge < -0.3 is 9.74 Å². The molecule has 0 aromatic heterocycles. The van der Waals surface area contributed by atoms with Crippen LogP contribution < -0.4 is 0 Å². The molecule has 1 aliphatic heterocycles. The molecule has 1 atom stereocenters. The molecule has 1 heterocycles. The first-order valence-electron chi connectivity index (χ1n) is 9.70. The van der Waals surface area contributed by atoms with E-state index < -0.39 is 0 Å². The fraction of sp³-hybridized carbons (Fsp3) is 0.391. The highest BCUT2D eigenvalue weighted by Gasteiger charge is 2.28. The average Bonchev–Trinajstić information content (AvgIpc) is 3.09. The summed E-state index contributed by atoms with van der Waals surface area (Å²) in [4.78, 5) is 20.5. The van der Waals surface area contributed by atoms with Crippen molar-refractivity contribution in [3.8, 4) is 0 Å². The predicted molar refractivity (Wildman–Crippen MR) is 118 cm³/mol. The molecule has 0 N–H and O–H groups in total. The maximum atomic E-state index is 13.0. The highest BCUT2D eigenvalue weighted by molar-refractivity contribution is 6.31. The van der Waals surface area contributed by atoms with Gasteiger partial charge in [-0.05, 0) is 40.8 Å². The summed E-state index contributed by atoms with van der Waals surface area (Å²) in [6.45, 7) is 7.16. The lowest BCUT2D eigenvalue weighted by Crippen LogP contribution is -2.38. The Kier molecular flexibility index (Phi) is 6.86. The highest BCUT2D eigenvalue weighted by atomic mass is 35.5. The van der Waals surface area contributed by atoms with Gasteiger partial charge in [0.05, 0.1) is 12.3 Å². The summed E-state index contributed by atoms with van der Waals surface area (Å²) in [6, 6.07) is 15.1. The number of amides is 1. The summed E-state index contributed by atoms with van der Waals surface area (Å²) < 4.78 is 0. The Morgan fingerprint density at radius 2 is 1.86 bits per heavy atom. The van der Waals surface area contributed by atoms with E-state index in [0.717, 1.165) is 16.8 Å². The van der Waals surface area contributed by atoms with E-state index >= 15 is 0 Å². The molecule has 0 unspecified atom stereocenters. The van der Waals surface area contributed by atoms with Crippen molar-refractivity contribution in [2.75, 3.05) is 6.54 Å². The molecule has 0 fully saturated rings. The third kappa shape index (κ3) is 6.48. The molecule has 1 aliphatic rings. The van der Waals surface area contributed by atoms with Crippen molar-refractivity contribution >= 4 is 34.8 Å². The van der Waals surface area contributed by atoms with Gasteiger partial charge in [0.25, 0.3) is 0 Å². The maximum Gasteiger partial charge on any atom is 0.223 e. The van der Waals surface area contributed by atoms with Crippen molar-refractivity contribution in [2.24, 2.45) is 10.6 Å². The second-order valence-electron chi connectivity index (χ2n) is 8.62. The van der Waals surface area contributed by atoms with Gasteiger partial charge in [-0.2, -0.15) is 0 Å². The molecule has 0 radical (unpaired) electrons. The zero-order valence-electron chi connectivity index (χ0n) is 17.0. The quantitative estimate of drug-likeness (QED) is 0.565. The van der Waals surface area contributed by atoms with E-state index in [-0.39, 0.29) is 17.4 Å². The second kappa shape index (κ2) is 9.19. The van der Waals surface area contributed by atoms with Crippen LogP contribution in [0.1, 0.15) is 44.7 Å². The Morgan fingerprint density at radius 1 is 1.14 bits per heavy atom. The molecule has 29 heavy (non-hydrogen) atoms. The van der Waals surface area contributed by atoms with E-state index in [1.54, 1.807) is 0 Å². The predicted octanol–water partition coefficient (Wildman–Crippen LogP) is 5.95. The van der Waals surface area contributed by atoms with Crippen LogP contribution in [0, 0.1) is 5.41 Å². The smallest absolute Gasteiger partial charge is 0.223 e. The minimum Gasteiger partial charge on any atom is -0.390 e. The largest absolute Gasteiger partial charge is 0.390 e. The lowest BCUT2D eigenvalue weighted by Gasteiger charge is -2.28. The van der Waals surface area contributed by atoms with Crippen molar-refractivity contribution in [1.82, 2.24) is 4.90 Å². The molecule has 0 bridgehead atoms. The number of oxime groups is 1. The molecule has 0 saturated heterocycles. The summed E-state index contributed by atoms with van der Waals surface area (Å²) in [7, 11) is 0. The molecule has 2 aromatic carbocycles. The molecule has 154 valence electrons. The molecule has 3 rings (SSSR count). The number of hydrogen-bond donors (Lipinski definition) is 0. The molecular weight excluding hydrogens is 407 g/mol. The van der Waals surface area contributed by atoms with Crippen LogP contribution in [0.25, 0.3) is 0 Å². The molecule has 0 aliphatic carbocycles. The van der Waals surface area contributed by atoms with Crippen molar-refractivity contribution in [1.29, 1.82) is 0 Å². The molecule has 1 amide bonds. The van der Waals surface area contributed by atoms with Crippen molar-refractivity contribution < 1.29 is 9.63 Å². The Hall–Kier alpha value is -2.04. The van der Waals surface area contributed by atoms with E-state index in [9.17, 15) is 4.79 Å². The van der Waals surface area contributed by atoms with Gasteiger partial charge in [0, 0.05) is 29.4 Å². The second-order valence-corrected chi connectivity index (χ2v) is 9.49. The molecule has 0 spiro atoms. The van der Waals surface area contributed by atoms with Crippen LogP contribution >= 0.6 is 23.2 Å². The highest BCUT2D eigenvalue weighted by Crippen LogP contribution is 2.24. The number of hydrogen-bond acceptors (Lipinski definition) is 3. The molecule has 6 heteroatoms. The maximum absolute atomic E-state index is 13.0. The average molecular weight is 433 g/mol. The SMILES string of the molecule is CC(C)(C)CC(=O)N(Cc1cccc(Cl)c1)C[C@@H]1CC(c2ccc(Cl)cc2)=NO1. The summed E-state index contributed by atoms with van der Waals surface area (Å²) in [5.41, 5.74) is 2.76. The number of nitrogens with zero attached hydrogens (tertiary/aromatic N) is 2. The minimum atomic E-state index is -0.177. The number of carbonyl (C=O) groups excluding carboxylic acids is 1. The molecular formula is C23H26Cl2N2O2. The van der Waals surface area contributed by atoms with E-state index in [1.807, 2.05) is 53.4 Å².